The number of aryl methyl sites for hydroxylation is 1. The molecule has 1 aliphatic carbocycles. The van der Waals surface area contributed by atoms with E-state index >= 15 is 0 Å². The Kier molecular flexibility index (Phi) is 8.99. The summed E-state index contributed by atoms with van der Waals surface area (Å²) in [5, 5.41) is 5.71. The van der Waals surface area contributed by atoms with Crippen molar-refractivity contribution in [3.63, 3.8) is 0 Å². The molecule has 2 aliphatic rings. The van der Waals surface area contributed by atoms with Gasteiger partial charge in [0, 0.05) is 44.8 Å². The van der Waals surface area contributed by atoms with Gasteiger partial charge in [-0.15, -0.1) is 0 Å². The maximum Gasteiger partial charge on any atom is 0.416 e. The zero-order chi connectivity index (χ0) is 40.2. The molecule has 0 unspecified atom stereocenters. The molecule has 7 aromatic rings. The van der Waals surface area contributed by atoms with E-state index in [1.165, 1.54) is 0 Å². The van der Waals surface area contributed by atoms with Gasteiger partial charge in [0.15, 0.2) is 5.84 Å². The minimum absolute atomic E-state index is 0.150. The van der Waals surface area contributed by atoms with Crippen LogP contribution in [-0.4, -0.2) is 28.6 Å². The largest absolute Gasteiger partial charge is 0.416 e. The first-order valence-electron chi connectivity index (χ1n) is 18.5. The van der Waals surface area contributed by atoms with E-state index in [2.05, 4.69) is 40.2 Å². The number of aliphatic imine (C=N–C) groups is 2. The highest BCUT2D eigenvalue weighted by Crippen LogP contribution is 2.40. The van der Waals surface area contributed by atoms with Gasteiger partial charge in [-0.25, -0.2) is 9.98 Å². The second kappa shape index (κ2) is 14.2. The van der Waals surface area contributed by atoms with E-state index in [1.807, 2.05) is 104 Å². The molecule has 0 fully saturated rings. The maximum absolute atomic E-state index is 14.3. The normalized spacial score (nSPS) is 16.7. The average Bonchev–Trinajstić information content (AvgIpc) is 3.57. The zero-order valence-electron chi connectivity index (χ0n) is 30.8. The number of fused-ring (bicyclic) bond motifs is 3. The number of nitrogens with zero attached hydrogens (tertiary/aromatic N) is 3. The molecule has 0 spiro atoms. The number of alkyl halides is 6. The van der Waals surface area contributed by atoms with Crippen LogP contribution in [0.3, 0.4) is 0 Å². The van der Waals surface area contributed by atoms with E-state index in [1.54, 1.807) is 18.2 Å². The van der Waals surface area contributed by atoms with Crippen LogP contribution in [0.15, 0.2) is 179 Å². The number of aromatic nitrogens is 1. The minimum Gasteiger partial charge on any atom is -0.324 e. The summed E-state index contributed by atoms with van der Waals surface area (Å²) in [7, 11) is 0. The molecule has 58 heavy (non-hydrogen) atoms. The van der Waals surface area contributed by atoms with Gasteiger partial charge < -0.3 is 9.88 Å². The lowest BCUT2D eigenvalue weighted by molar-refractivity contribution is -0.0970. The molecule has 9 rings (SSSR count). The highest BCUT2D eigenvalue weighted by Gasteiger charge is 2.41. The summed E-state index contributed by atoms with van der Waals surface area (Å²) in [6, 6.07) is 45.9. The van der Waals surface area contributed by atoms with Crippen molar-refractivity contribution in [2.45, 2.75) is 25.7 Å². The van der Waals surface area contributed by atoms with Gasteiger partial charge in [-0.1, -0.05) is 121 Å². The van der Waals surface area contributed by atoms with Crippen LogP contribution in [0, 0.1) is 6.92 Å². The molecule has 2 heterocycles. The van der Waals surface area contributed by atoms with Crippen molar-refractivity contribution in [1.82, 2.24) is 9.88 Å². The summed E-state index contributed by atoms with van der Waals surface area (Å²) in [6.07, 6.45) is -9.78. The fourth-order valence-electron chi connectivity index (χ4n) is 7.55. The fourth-order valence-corrected chi connectivity index (χ4v) is 7.55. The molecule has 0 bridgehead atoms. The molecule has 0 radical (unpaired) electrons. The van der Waals surface area contributed by atoms with Crippen molar-refractivity contribution in [3.8, 4) is 16.8 Å². The van der Waals surface area contributed by atoms with E-state index in [-0.39, 0.29) is 22.7 Å². The first-order chi connectivity index (χ1) is 27.9. The molecule has 286 valence electrons. The fraction of sp³-hybridized carbons (Fsp3) is 0.0833. The molecular formula is C48H32F6N4. The maximum atomic E-state index is 14.3. The number of amidine groups is 2. The molecule has 0 saturated heterocycles. The van der Waals surface area contributed by atoms with Crippen molar-refractivity contribution < 1.29 is 26.3 Å². The highest BCUT2D eigenvalue weighted by molar-refractivity contribution is 6.16. The zero-order valence-corrected chi connectivity index (χ0v) is 30.8. The summed E-state index contributed by atoms with van der Waals surface area (Å²) in [5.41, 5.74) is 4.15. The van der Waals surface area contributed by atoms with E-state index in [0.29, 0.717) is 33.7 Å². The molecule has 0 saturated carbocycles. The van der Waals surface area contributed by atoms with Crippen molar-refractivity contribution in [1.29, 1.82) is 0 Å². The Labute approximate surface area is 328 Å². The molecule has 4 nitrogen and oxygen atoms in total. The van der Waals surface area contributed by atoms with E-state index in [0.717, 1.165) is 44.6 Å². The van der Waals surface area contributed by atoms with Crippen molar-refractivity contribution >= 4 is 44.9 Å². The van der Waals surface area contributed by atoms with Crippen molar-refractivity contribution in [2.75, 3.05) is 0 Å². The monoisotopic (exact) mass is 778 g/mol. The highest BCUT2D eigenvalue weighted by atomic mass is 19.4. The van der Waals surface area contributed by atoms with E-state index in [4.69, 9.17) is 9.98 Å². The molecule has 0 atom stereocenters. The average molecular weight is 779 g/mol. The summed E-state index contributed by atoms with van der Waals surface area (Å²) < 4.78 is 87.7. The number of nitrogens with one attached hydrogen (secondary N) is 1. The summed E-state index contributed by atoms with van der Waals surface area (Å²) in [6.45, 7) is 2.04. The standard InChI is InChI=1S/C48H32F6N4/c1-29-16-18-30(19-17-29)33-20-23-43-40(26-33)39-14-8-9-15-42(39)58(43)37-21-22-38(34-24-35(47(49,50)51)27-36(25-34)48(52,53)54)41(28-37)46-56-44(31-10-4-2-5-11-31)55-45(57-46)32-12-6-3-7-13-32/h2-24,26-28H,25H2,1H3,(H,55,56,57). The Hall–Kier alpha value is -6.94. The van der Waals surface area contributed by atoms with E-state index in [9.17, 15) is 26.3 Å². The van der Waals surface area contributed by atoms with Gasteiger partial charge >= 0.3 is 12.4 Å². The van der Waals surface area contributed by atoms with Crippen LogP contribution in [-0.2, 0) is 0 Å². The topological polar surface area (TPSA) is 41.7 Å². The van der Waals surface area contributed by atoms with Crippen molar-refractivity contribution in [3.05, 3.63) is 196 Å². The lowest BCUT2D eigenvalue weighted by atomic mass is 9.92. The number of para-hydroxylation sites is 1. The van der Waals surface area contributed by atoms with Crippen LogP contribution < -0.4 is 15.8 Å². The first kappa shape index (κ1) is 36.7. The Bertz CT molecular complexity index is 3010. The molecule has 0 amide bonds. The SMILES string of the molecule is Cc1ccc(-c2ccc3c(c2)c2ccccc2n3-c2ccc(=C3C=C(C(F)(F)F)C=C(C(F)(F)F)C3)c(=C3N=C(c4ccccc4)N=C(c4ccccc4)N3)c2)cc1. The Balaban J connectivity index is 1.35. The quantitative estimate of drug-likeness (QED) is 0.178. The van der Waals surface area contributed by atoms with Crippen molar-refractivity contribution in [2.24, 2.45) is 9.98 Å². The lowest BCUT2D eigenvalue weighted by Crippen LogP contribution is -2.38. The number of hydrogen-bond donors (Lipinski definition) is 1. The van der Waals surface area contributed by atoms with Gasteiger partial charge in [0.2, 0.25) is 0 Å². The predicted octanol–water partition coefficient (Wildman–Crippen LogP) is 10.9. The molecule has 1 aliphatic heterocycles. The van der Waals surface area contributed by atoms with Gasteiger partial charge in [0.1, 0.15) is 11.7 Å². The Morgan fingerprint density at radius 1 is 0.552 bits per heavy atom. The Morgan fingerprint density at radius 2 is 1.21 bits per heavy atom. The smallest absolute Gasteiger partial charge is 0.324 e. The predicted molar refractivity (Wildman–Crippen MR) is 219 cm³/mol. The lowest BCUT2D eigenvalue weighted by Gasteiger charge is -2.21. The summed E-state index contributed by atoms with van der Waals surface area (Å²) >= 11 is 0. The summed E-state index contributed by atoms with van der Waals surface area (Å²) in [4.78, 5) is 9.75. The van der Waals surface area contributed by atoms with Crippen LogP contribution >= 0.6 is 0 Å². The molecule has 6 aromatic carbocycles. The first-order valence-corrected chi connectivity index (χ1v) is 18.5. The second-order valence-electron chi connectivity index (χ2n) is 14.2. The number of benzene rings is 6. The third kappa shape index (κ3) is 6.91. The minimum atomic E-state index is -5.02. The number of allylic oxidation sites excluding steroid dienone is 4. The van der Waals surface area contributed by atoms with Crippen LogP contribution in [0.2, 0.25) is 0 Å². The van der Waals surface area contributed by atoms with Crippen LogP contribution in [0.1, 0.15) is 23.1 Å². The summed E-state index contributed by atoms with van der Waals surface area (Å²) in [5.74, 6) is 0.947. The second-order valence-corrected chi connectivity index (χ2v) is 14.2. The van der Waals surface area contributed by atoms with Crippen LogP contribution in [0.25, 0.3) is 50.0 Å². The van der Waals surface area contributed by atoms with E-state index < -0.39 is 29.9 Å². The third-order valence-corrected chi connectivity index (χ3v) is 10.4. The number of rotatable bonds is 4. The van der Waals surface area contributed by atoms with Gasteiger partial charge in [-0.05, 0) is 71.3 Å². The van der Waals surface area contributed by atoms with Crippen LogP contribution in [0.5, 0.6) is 0 Å². The molecule has 1 N–H and O–H groups in total. The number of halogens is 6. The molecule has 1 aromatic heterocycles. The van der Waals surface area contributed by atoms with Gasteiger partial charge in [-0.2, -0.15) is 26.3 Å². The van der Waals surface area contributed by atoms with Gasteiger partial charge in [0.25, 0.3) is 0 Å². The van der Waals surface area contributed by atoms with Gasteiger partial charge in [0.05, 0.1) is 16.6 Å². The Morgan fingerprint density at radius 3 is 1.91 bits per heavy atom. The molecule has 10 heteroatoms. The van der Waals surface area contributed by atoms with Crippen LogP contribution in [0.4, 0.5) is 26.3 Å². The molecular weight excluding hydrogens is 747 g/mol. The number of hydrogen-bond acceptors (Lipinski definition) is 3. The van der Waals surface area contributed by atoms with Gasteiger partial charge in [-0.3, -0.25) is 0 Å². The third-order valence-electron chi connectivity index (χ3n) is 10.4.